The fourth-order valence-electron chi connectivity index (χ4n) is 4.92. The summed E-state index contributed by atoms with van der Waals surface area (Å²) in [6, 6.07) is 19.1. The summed E-state index contributed by atoms with van der Waals surface area (Å²) < 4.78 is 12.1. The Balaban J connectivity index is 1.36. The molecular formula is C32H31Cl2NO5S. The van der Waals surface area contributed by atoms with Crippen LogP contribution in [0.3, 0.4) is 0 Å². The van der Waals surface area contributed by atoms with Gasteiger partial charge in [0.05, 0.1) is 5.38 Å². The van der Waals surface area contributed by atoms with E-state index in [-0.39, 0.29) is 11.5 Å². The van der Waals surface area contributed by atoms with Crippen LogP contribution < -0.4 is 9.47 Å². The lowest BCUT2D eigenvalue weighted by atomic mass is 9.97. The van der Waals surface area contributed by atoms with Gasteiger partial charge in [0.1, 0.15) is 29.2 Å². The van der Waals surface area contributed by atoms with Crippen LogP contribution in [0, 0.1) is 5.92 Å². The molecule has 214 valence electrons. The van der Waals surface area contributed by atoms with E-state index in [2.05, 4.69) is 11.8 Å². The summed E-state index contributed by atoms with van der Waals surface area (Å²) in [4.78, 5) is 29.2. The first-order valence-electron chi connectivity index (χ1n) is 13.6. The molecule has 9 heteroatoms. The molecule has 3 aromatic carbocycles. The van der Waals surface area contributed by atoms with Gasteiger partial charge in [-0.2, -0.15) is 0 Å². The number of aromatic hydroxyl groups is 1. The molecule has 2 heterocycles. The first-order valence-corrected chi connectivity index (χ1v) is 15.2. The van der Waals surface area contributed by atoms with Crippen LogP contribution in [-0.4, -0.2) is 58.8 Å². The Labute approximate surface area is 253 Å². The number of benzene rings is 3. The van der Waals surface area contributed by atoms with Gasteiger partial charge >= 0.3 is 5.97 Å². The number of carbonyl (C=O) groups is 2. The number of phenolic OH excluding ortho intramolecular Hbond substituents is 1. The molecule has 1 fully saturated rings. The Bertz CT molecular complexity index is 1530. The lowest BCUT2D eigenvalue weighted by Gasteiger charge is -2.15. The first-order chi connectivity index (χ1) is 19.7. The summed E-state index contributed by atoms with van der Waals surface area (Å²) in [6.45, 7) is 7.61. The highest BCUT2D eigenvalue weighted by molar-refractivity contribution is 7.22. The van der Waals surface area contributed by atoms with Crippen LogP contribution in [0.1, 0.15) is 36.2 Å². The lowest BCUT2D eigenvalue weighted by Crippen LogP contribution is -2.27. The Morgan fingerprint density at radius 2 is 1.76 bits per heavy atom. The van der Waals surface area contributed by atoms with Crippen molar-refractivity contribution in [3.63, 3.8) is 0 Å². The molecule has 0 amide bonds. The first kappa shape index (κ1) is 29.4. The van der Waals surface area contributed by atoms with E-state index in [1.807, 2.05) is 12.1 Å². The Morgan fingerprint density at radius 1 is 1.05 bits per heavy atom. The number of hydrogen-bond donors (Lipinski definition) is 1. The van der Waals surface area contributed by atoms with Crippen LogP contribution >= 0.6 is 34.5 Å². The molecule has 6 nitrogen and oxygen atoms in total. The number of hydrogen-bond acceptors (Lipinski definition) is 7. The quantitative estimate of drug-likeness (QED) is 0.0873. The smallest absolute Gasteiger partial charge is 0.330 e. The number of rotatable bonds is 10. The molecule has 0 spiro atoms. The summed E-state index contributed by atoms with van der Waals surface area (Å²) in [7, 11) is 0. The topological polar surface area (TPSA) is 76.1 Å². The number of esters is 1. The highest BCUT2D eigenvalue weighted by atomic mass is 35.5. The number of ketones is 1. The van der Waals surface area contributed by atoms with Gasteiger partial charge in [-0.05, 0) is 98.1 Å². The number of halogens is 2. The van der Waals surface area contributed by atoms with E-state index in [0.29, 0.717) is 23.5 Å². The zero-order valence-electron chi connectivity index (χ0n) is 22.8. The largest absolute Gasteiger partial charge is 0.508 e. The SMILES string of the molecule is CC1CCN(CCOc2ccc(C(=O)c3c(-c4ccc(OC(=O)C(Cl)C(C)Cl)cc4)sc4cc(O)ccc34)cc2)C1. The number of alkyl halides is 2. The summed E-state index contributed by atoms with van der Waals surface area (Å²) in [5, 5.41) is 9.29. The molecular weight excluding hydrogens is 581 g/mol. The number of fused-ring (bicyclic) bond motifs is 1. The molecule has 0 saturated carbocycles. The van der Waals surface area contributed by atoms with Gasteiger partial charge in [-0.15, -0.1) is 34.5 Å². The second-order valence-electron chi connectivity index (χ2n) is 10.4. The summed E-state index contributed by atoms with van der Waals surface area (Å²) in [5.74, 6) is 1.14. The molecule has 3 unspecified atom stereocenters. The zero-order valence-corrected chi connectivity index (χ0v) is 25.1. The standard InChI is InChI=1S/C32H31Cl2NO5S/c1-19-13-14-35(18-19)15-16-39-24-8-3-21(4-9-24)30(37)28-26-12-7-23(36)17-27(26)41-31(28)22-5-10-25(11-6-22)40-32(38)29(34)20(2)33/h3-12,17,19-20,29,36H,13-16,18H2,1-2H3. The number of thiophene rings is 1. The molecule has 0 aliphatic carbocycles. The van der Waals surface area contributed by atoms with E-state index in [1.54, 1.807) is 61.5 Å². The van der Waals surface area contributed by atoms with Crippen molar-refractivity contribution in [3.05, 3.63) is 77.9 Å². The van der Waals surface area contributed by atoms with Crippen LogP contribution in [-0.2, 0) is 4.79 Å². The van der Waals surface area contributed by atoms with E-state index in [4.69, 9.17) is 32.7 Å². The predicted molar refractivity (Wildman–Crippen MR) is 165 cm³/mol. The van der Waals surface area contributed by atoms with Gasteiger partial charge in [0.25, 0.3) is 0 Å². The van der Waals surface area contributed by atoms with Gasteiger partial charge in [0.2, 0.25) is 0 Å². The molecule has 4 aromatic rings. The van der Waals surface area contributed by atoms with Crippen LogP contribution in [0.15, 0.2) is 66.7 Å². The minimum absolute atomic E-state index is 0.126. The van der Waals surface area contributed by atoms with E-state index in [9.17, 15) is 14.7 Å². The van der Waals surface area contributed by atoms with Gasteiger partial charge in [-0.1, -0.05) is 6.92 Å². The van der Waals surface area contributed by atoms with Crippen LogP contribution in [0.4, 0.5) is 0 Å². The van der Waals surface area contributed by atoms with Gasteiger partial charge < -0.3 is 14.6 Å². The molecule has 1 aliphatic rings. The van der Waals surface area contributed by atoms with Crippen molar-refractivity contribution < 1.29 is 24.2 Å². The maximum absolute atomic E-state index is 13.9. The molecule has 1 N–H and O–H groups in total. The number of carbonyl (C=O) groups excluding carboxylic acids is 2. The Hall–Kier alpha value is -3.10. The third-order valence-corrected chi connectivity index (χ3v) is 9.30. The van der Waals surface area contributed by atoms with E-state index in [1.165, 1.54) is 17.8 Å². The second kappa shape index (κ2) is 12.8. The van der Waals surface area contributed by atoms with Crippen LogP contribution in [0.5, 0.6) is 17.2 Å². The monoisotopic (exact) mass is 611 g/mol. The molecule has 41 heavy (non-hydrogen) atoms. The van der Waals surface area contributed by atoms with Gasteiger partial charge in [0, 0.05) is 39.2 Å². The Kier molecular flexibility index (Phi) is 9.19. The average Bonchev–Trinajstić information content (AvgIpc) is 3.55. The van der Waals surface area contributed by atoms with Crippen LogP contribution in [0.25, 0.3) is 20.5 Å². The number of phenols is 1. The number of nitrogens with zero attached hydrogens (tertiary/aromatic N) is 1. The fourth-order valence-corrected chi connectivity index (χ4v) is 6.30. The molecule has 0 radical (unpaired) electrons. The third-order valence-electron chi connectivity index (χ3n) is 7.16. The maximum atomic E-state index is 13.9. The van der Waals surface area contributed by atoms with Crippen molar-refractivity contribution >= 4 is 56.4 Å². The van der Waals surface area contributed by atoms with Crippen LogP contribution in [0.2, 0.25) is 0 Å². The van der Waals surface area contributed by atoms with Gasteiger partial charge in [0.15, 0.2) is 5.78 Å². The second-order valence-corrected chi connectivity index (χ2v) is 12.6. The third kappa shape index (κ3) is 6.87. The van der Waals surface area contributed by atoms with E-state index >= 15 is 0 Å². The minimum Gasteiger partial charge on any atom is -0.508 e. The maximum Gasteiger partial charge on any atom is 0.330 e. The van der Waals surface area contributed by atoms with Crippen molar-refractivity contribution in [2.75, 3.05) is 26.2 Å². The van der Waals surface area contributed by atoms with E-state index in [0.717, 1.165) is 51.8 Å². The molecule has 1 aromatic heterocycles. The average molecular weight is 613 g/mol. The van der Waals surface area contributed by atoms with Crippen molar-refractivity contribution in [2.24, 2.45) is 5.92 Å². The predicted octanol–water partition coefficient (Wildman–Crippen LogP) is 7.37. The van der Waals surface area contributed by atoms with Gasteiger partial charge in [-0.3, -0.25) is 9.69 Å². The van der Waals surface area contributed by atoms with Crippen molar-refractivity contribution in [1.29, 1.82) is 0 Å². The minimum atomic E-state index is -0.971. The summed E-state index contributed by atoms with van der Waals surface area (Å²) in [5.41, 5.74) is 1.86. The summed E-state index contributed by atoms with van der Waals surface area (Å²) in [6.07, 6.45) is 1.23. The fraction of sp³-hybridized carbons (Fsp3) is 0.312. The van der Waals surface area contributed by atoms with Gasteiger partial charge in [-0.25, -0.2) is 4.79 Å². The number of ether oxygens (including phenoxy) is 2. The Morgan fingerprint density at radius 3 is 2.41 bits per heavy atom. The zero-order chi connectivity index (χ0) is 29.1. The summed E-state index contributed by atoms with van der Waals surface area (Å²) >= 11 is 13.3. The molecule has 1 saturated heterocycles. The highest BCUT2D eigenvalue weighted by Gasteiger charge is 2.24. The molecule has 3 atom stereocenters. The molecule has 5 rings (SSSR count). The van der Waals surface area contributed by atoms with E-state index < -0.39 is 16.7 Å². The van der Waals surface area contributed by atoms with Crippen molar-refractivity contribution in [1.82, 2.24) is 4.90 Å². The normalized spacial score (nSPS) is 16.9. The number of likely N-dealkylation sites (tertiary alicyclic amines) is 1. The van der Waals surface area contributed by atoms with Crippen molar-refractivity contribution in [2.45, 2.75) is 31.0 Å². The lowest BCUT2D eigenvalue weighted by molar-refractivity contribution is -0.133. The molecule has 1 aliphatic heterocycles. The highest BCUT2D eigenvalue weighted by Crippen LogP contribution is 2.41. The van der Waals surface area contributed by atoms with Crippen molar-refractivity contribution in [3.8, 4) is 27.7 Å². The molecule has 0 bridgehead atoms.